The summed E-state index contributed by atoms with van der Waals surface area (Å²) in [5.41, 5.74) is 11.6. The first-order valence-corrected chi connectivity index (χ1v) is 11.3. The van der Waals surface area contributed by atoms with Crippen LogP contribution in [0.4, 0.5) is 11.4 Å². The minimum absolute atomic E-state index is 0.102. The number of aromatic amines is 1. The molecule has 0 bridgehead atoms. The minimum Gasteiger partial charge on any atom is -0.397 e. The Morgan fingerprint density at radius 2 is 1.83 bits per heavy atom. The number of carbonyl (C=O) groups excluding carboxylic acids is 1. The fraction of sp³-hybridized carbons (Fsp3) is 0.286. The largest absolute Gasteiger partial charge is 0.397 e. The number of carbonyl (C=O) groups is 1. The Kier molecular flexibility index (Phi) is 5.06. The highest BCUT2D eigenvalue weighted by Crippen LogP contribution is 2.30. The number of nitrogens with two attached hydrogens (primary N) is 1. The molecule has 4 N–H and O–H groups in total. The van der Waals surface area contributed by atoms with E-state index in [1.165, 1.54) is 6.92 Å². The van der Waals surface area contributed by atoms with Crippen LogP contribution < -0.4 is 11.1 Å². The van der Waals surface area contributed by atoms with Crippen molar-refractivity contribution in [1.82, 2.24) is 9.88 Å². The molecule has 0 radical (unpaired) electrons. The van der Waals surface area contributed by atoms with Gasteiger partial charge in [-0.15, -0.1) is 0 Å². The molecule has 2 aromatic carbocycles. The molecule has 0 atom stereocenters. The molecule has 8 heteroatoms. The lowest BCUT2D eigenvalue weighted by atomic mass is 10.1. The number of hydrogen-bond donors (Lipinski definition) is 3. The van der Waals surface area contributed by atoms with E-state index in [0.717, 1.165) is 33.4 Å². The molecule has 1 aliphatic rings. The summed E-state index contributed by atoms with van der Waals surface area (Å²) >= 11 is 0. The number of hydrogen-bond acceptors (Lipinski definition) is 5. The van der Waals surface area contributed by atoms with Gasteiger partial charge in [0.05, 0.1) is 22.7 Å². The van der Waals surface area contributed by atoms with Crippen molar-refractivity contribution >= 4 is 38.0 Å². The van der Waals surface area contributed by atoms with Crippen LogP contribution in [-0.4, -0.2) is 48.8 Å². The standard InChI is InChI=1S/C21H24N4O3S/c1-14(26)23-18-4-2-16(3-5-18)20-12-17-10-15(11-19(22)21(17)24-20)13-25-6-8-29(27,28)9-7-25/h2-5,10-12,24H,6-9,13,22H2,1H3,(H,23,26). The summed E-state index contributed by atoms with van der Waals surface area (Å²) < 4.78 is 23.2. The molecule has 152 valence electrons. The third-order valence-electron chi connectivity index (χ3n) is 5.18. The highest BCUT2D eigenvalue weighted by atomic mass is 32.2. The van der Waals surface area contributed by atoms with Crippen molar-refractivity contribution in [3.8, 4) is 11.3 Å². The maximum Gasteiger partial charge on any atom is 0.221 e. The van der Waals surface area contributed by atoms with Gasteiger partial charge < -0.3 is 16.0 Å². The average Bonchev–Trinajstić information content (AvgIpc) is 3.08. The molecule has 3 aromatic rings. The lowest BCUT2D eigenvalue weighted by Crippen LogP contribution is -2.39. The number of rotatable bonds is 4. The summed E-state index contributed by atoms with van der Waals surface area (Å²) in [6, 6.07) is 13.7. The number of anilines is 2. The Hall–Kier alpha value is -2.84. The van der Waals surface area contributed by atoms with Gasteiger partial charge in [-0.2, -0.15) is 0 Å². The Labute approximate surface area is 169 Å². The SMILES string of the molecule is CC(=O)Nc1ccc(-c2cc3cc(CN4CCS(=O)(=O)CC4)cc(N)c3[nH]2)cc1. The van der Waals surface area contributed by atoms with Crippen molar-refractivity contribution in [2.75, 3.05) is 35.6 Å². The van der Waals surface area contributed by atoms with E-state index in [2.05, 4.69) is 27.3 Å². The fourth-order valence-electron chi connectivity index (χ4n) is 3.69. The van der Waals surface area contributed by atoms with Gasteiger partial charge in [-0.3, -0.25) is 9.69 Å². The number of sulfone groups is 1. The zero-order chi connectivity index (χ0) is 20.6. The van der Waals surface area contributed by atoms with Crippen LogP contribution in [0.15, 0.2) is 42.5 Å². The van der Waals surface area contributed by atoms with Gasteiger partial charge in [0, 0.05) is 43.3 Å². The van der Waals surface area contributed by atoms with Crippen molar-refractivity contribution in [2.45, 2.75) is 13.5 Å². The minimum atomic E-state index is -2.88. The summed E-state index contributed by atoms with van der Waals surface area (Å²) in [7, 11) is -2.88. The second-order valence-electron chi connectivity index (χ2n) is 7.52. The van der Waals surface area contributed by atoms with Crippen LogP contribution in [0.5, 0.6) is 0 Å². The van der Waals surface area contributed by atoms with Crippen molar-refractivity contribution in [2.24, 2.45) is 0 Å². The zero-order valence-electron chi connectivity index (χ0n) is 16.2. The third kappa shape index (κ3) is 4.44. The molecule has 1 aromatic heterocycles. The van der Waals surface area contributed by atoms with Crippen LogP contribution in [0.3, 0.4) is 0 Å². The van der Waals surface area contributed by atoms with Crippen LogP contribution in [0, 0.1) is 0 Å². The predicted molar refractivity (Wildman–Crippen MR) is 116 cm³/mol. The van der Waals surface area contributed by atoms with Crippen LogP contribution in [0.1, 0.15) is 12.5 Å². The summed E-state index contributed by atoms with van der Waals surface area (Å²) in [5.74, 6) is 0.330. The first-order chi connectivity index (χ1) is 13.8. The Bertz CT molecular complexity index is 1150. The molecule has 1 fully saturated rings. The summed E-state index contributed by atoms with van der Waals surface area (Å²) in [4.78, 5) is 16.7. The van der Waals surface area contributed by atoms with Crippen LogP contribution in [0.2, 0.25) is 0 Å². The molecule has 4 rings (SSSR count). The topological polar surface area (TPSA) is 108 Å². The number of nitrogen functional groups attached to an aromatic ring is 1. The molecule has 0 unspecified atom stereocenters. The van der Waals surface area contributed by atoms with E-state index in [-0.39, 0.29) is 17.4 Å². The van der Waals surface area contributed by atoms with Gasteiger partial charge in [-0.1, -0.05) is 12.1 Å². The van der Waals surface area contributed by atoms with E-state index in [1.54, 1.807) is 0 Å². The van der Waals surface area contributed by atoms with E-state index in [4.69, 9.17) is 5.73 Å². The van der Waals surface area contributed by atoms with Crippen LogP contribution in [0.25, 0.3) is 22.2 Å². The van der Waals surface area contributed by atoms with E-state index in [9.17, 15) is 13.2 Å². The Morgan fingerprint density at radius 1 is 1.14 bits per heavy atom. The molecule has 1 saturated heterocycles. The molecule has 29 heavy (non-hydrogen) atoms. The molecule has 0 saturated carbocycles. The molecular formula is C21H24N4O3S. The maximum absolute atomic E-state index is 11.6. The Morgan fingerprint density at radius 3 is 2.48 bits per heavy atom. The normalized spacial score (nSPS) is 16.7. The molecule has 1 aliphatic heterocycles. The number of nitrogens with zero attached hydrogens (tertiary/aromatic N) is 1. The highest BCUT2D eigenvalue weighted by Gasteiger charge is 2.21. The second kappa shape index (κ2) is 7.53. The first-order valence-electron chi connectivity index (χ1n) is 9.51. The smallest absolute Gasteiger partial charge is 0.221 e. The molecular weight excluding hydrogens is 388 g/mol. The van der Waals surface area contributed by atoms with Crippen molar-refractivity contribution in [3.63, 3.8) is 0 Å². The summed E-state index contributed by atoms with van der Waals surface area (Å²) in [6.07, 6.45) is 0. The number of aromatic nitrogens is 1. The molecule has 7 nitrogen and oxygen atoms in total. The van der Waals surface area contributed by atoms with Crippen molar-refractivity contribution in [1.29, 1.82) is 0 Å². The second-order valence-corrected chi connectivity index (χ2v) is 9.82. The molecule has 2 heterocycles. The fourth-order valence-corrected chi connectivity index (χ4v) is 4.96. The van der Waals surface area contributed by atoms with Crippen molar-refractivity contribution in [3.05, 3.63) is 48.0 Å². The number of nitrogens with one attached hydrogen (secondary N) is 2. The summed E-state index contributed by atoms with van der Waals surface area (Å²) in [6.45, 7) is 3.27. The van der Waals surface area contributed by atoms with Gasteiger partial charge in [0.25, 0.3) is 0 Å². The highest BCUT2D eigenvalue weighted by molar-refractivity contribution is 7.91. The maximum atomic E-state index is 11.6. The van der Waals surface area contributed by atoms with Crippen LogP contribution in [-0.2, 0) is 21.2 Å². The Balaban J connectivity index is 1.56. The lowest BCUT2D eigenvalue weighted by molar-refractivity contribution is -0.114. The van der Waals surface area contributed by atoms with Gasteiger partial charge in [0.15, 0.2) is 9.84 Å². The quantitative estimate of drug-likeness (QED) is 0.571. The van der Waals surface area contributed by atoms with Gasteiger partial charge in [-0.25, -0.2) is 8.42 Å². The van der Waals surface area contributed by atoms with Gasteiger partial charge >= 0.3 is 0 Å². The van der Waals surface area contributed by atoms with Gasteiger partial charge in [0.2, 0.25) is 5.91 Å². The van der Waals surface area contributed by atoms with Gasteiger partial charge in [0.1, 0.15) is 0 Å². The predicted octanol–water partition coefficient (Wildman–Crippen LogP) is 2.61. The van der Waals surface area contributed by atoms with E-state index >= 15 is 0 Å². The zero-order valence-corrected chi connectivity index (χ0v) is 17.1. The first kappa shape index (κ1) is 19.5. The van der Waals surface area contributed by atoms with Crippen molar-refractivity contribution < 1.29 is 13.2 Å². The number of fused-ring (bicyclic) bond motifs is 1. The molecule has 0 spiro atoms. The monoisotopic (exact) mass is 412 g/mol. The van der Waals surface area contributed by atoms with Crippen LogP contribution >= 0.6 is 0 Å². The van der Waals surface area contributed by atoms with E-state index in [0.29, 0.717) is 25.3 Å². The lowest BCUT2D eigenvalue weighted by Gasteiger charge is -2.26. The number of benzene rings is 2. The summed E-state index contributed by atoms with van der Waals surface area (Å²) in [5, 5.41) is 3.78. The molecule has 0 aliphatic carbocycles. The van der Waals surface area contributed by atoms with Gasteiger partial charge in [-0.05, 0) is 41.5 Å². The number of H-pyrrole nitrogens is 1. The average molecular weight is 413 g/mol. The third-order valence-corrected chi connectivity index (χ3v) is 6.79. The van der Waals surface area contributed by atoms with E-state index in [1.807, 2.05) is 30.3 Å². The van der Waals surface area contributed by atoms with E-state index < -0.39 is 9.84 Å². The molecule has 1 amide bonds. The number of amides is 1.